The molecule has 3 aromatic heterocycles. The molecule has 4 heterocycles. The van der Waals surface area contributed by atoms with Crippen LogP contribution in [0.5, 0.6) is 5.75 Å². The molecular formula is C29H29N5O5S. The highest BCUT2D eigenvalue weighted by molar-refractivity contribution is 7.90. The lowest BCUT2D eigenvalue weighted by Crippen LogP contribution is -2.35. The molecule has 1 aliphatic rings. The second-order valence-corrected chi connectivity index (χ2v) is 12.7. The minimum Gasteiger partial charge on any atom is -0.508 e. The van der Waals surface area contributed by atoms with E-state index >= 15 is 0 Å². The van der Waals surface area contributed by atoms with Gasteiger partial charge >= 0.3 is 6.09 Å². The number of aromatic hydroxyl groups is 1. The van der Waals surface area contributed by atoms with E-state index in [1.54, 1.807) is 65.7 Å². The third-order valence-electron chi connectivity index (χ3n) is 6.91. The summed E-state index contributed by atoms with van der Waals surface area (Å²) in [5, 5.41) is 10.8. The number of carbonyl (C=O) groups is 1. The highest BCUT2D eigenvalue weighted by atomic mass is 32.2. The second kappa shape index (κ2) is 9.37. The maximum Gasteiger partial charge on any atom is 0.410 e. The first-order valence-electron chi connectivity index (χ1n) is 13.0. The Balaban J connectivity index is 1.52. The maximum atomic E-state index is 13.5. The Morgan fingerprint density at radius 1 is 1.07 bits per heavy atom. The number of aromatic nitrogens is 4. The summed E-state index contributed by atoms with van der Waals surface area (Å²) in [6, 6.07) is 16.6. The quantitative estimate of drug-likeness (QED) is 0.322. The summed E-state index contributed by atoms with van der Waals surface area (Å²) < 4.78 is 35.8. The number of imidazole rings is 1. The molecule has 40 heavy (non-hydrogen) atoms. The predicted molar refractivity (Wildman–Crippen MR) is 151 cm³/mol. The molecular weight excluding hydrogens is 530 g/mol. The minimum absolute atomic E-state index is 0.0984. The average Bonchev–Trinajstić information content (AvgIpc) is 3.64. The molecule has 5 aromatic rings. The van der Waals surface area contributed by atoms with Gasteiger partial charge in [0.1, 0.15) is 22.7 Å². The van der Waals surface area contributed by atoms with Crippen LogP contribution in [0.1, 0.15) is 33.2 Å². The summed E-state index contributed by atoms with van der Waals surface area (Å²) in [6.07, 6.45) is 3.33. The number of pyridine rings is 1. The van der Waals surface area contributed by atoms with E-state index in [1.165, 1.54) is 10.2 Å². The molecule has 1 atom stereocenters. The summed E-state index contributed by atoms with van der Waals surface area (Å²) in [6.45, 7) is 6.38. The number of amides is 1. The highest BCUT2D eigenvalue weighted by Gasteiger charge is 2.34. The van der Waals surface area contributed by atoms with Gasteiger partial charge in [-0.25, -0.2) is 27.2 Å². The molecule has 1 N–H and O–H groups in total. The normalized spacial score (nSPS) is 16.2. The molecule has 0 spiro atoms. The van der Waals surface area contributed by atoms with Crippen molar-refractivity contribution in [3.63, 3.8) is 0 Å². The first kappa shape index (κ1) is 25.9. The van der Waals surface area contributed by atoms with Gasteiger partial charge in [0.25, 0.3) is 10.0 Å². The molecule has 206 valence electrons. The molecule has 1 amide bonds. The number of phenols is 1. The summed E-state index contributed by atoms with van der Waals surface area (Å²) >= 11 is 0. The Kier molecular flexibility index (Phi) is 6.06. The number of phenolic OH excluding ortho intramolecular Hbond substituents is 1. The Morgan fingerprint density at radius 2 is 1.85 bits per heavy atom. The van der Waals surface area contributed by atoms with Gasteiger partial charge in [0.05, 0.1) is 22.7 Å². The number of hydrogen-bond acceptors (Lipinski definition) is 7. The van der Waals surface area contributed by atoms with Gasteiger partial charge in [-0.2, -0.15) is 0 Å². The topological polar surface area (TPSA) is 120 Å². The lowest BCUT2D eigenvalue weighted by atomic mass is 10.1. The summed E-state index contributed by atoms with van der Waals surface area (Å²) in [4.78, 5) is 24.1. The van der Waals surface area contributed by atoms with Crippen molar-refractivity contribution in [2.24, 2.45) is 0 Å². The third-order valence-corrected chi connectivity index (χ3v) is 8.59. The number of likely N-dealkylation sites (tertiary alicyclic amines) is 1. The van der Waals surface area contributed by atoms with Crippen molar-refractivity contribution in [2.45, 2.75) is 43.7 Å². The van der Waals surface area contributed by atoms with E-state index in [-0.39, 0.29) is 28.4 Å². The molecule has 1 unspecified atom stereocenters. The van der Waals surface area contributed by atoms with Gasteiger partial charge in [0.2, 0.25) is 0 Å². The van der Waals surface area contributed by atoms with Gasteiger partial charge in [-0.15, -0.1) is 0 Å². The molecule has 2 aromatic carbocycles. The Labute approximate surface area is 231 Å². The van der Waals surface area contributed by atoms with E-state index < -0.39 is 15.6 Å². The van der Waals surface area contributed by atoms with Crippen molar-refractivity contribution < 1.29 is 23.1 Å². The monoisotopic (exact) mass is 559 g/mol. The van der Waals surface area contributed by atoms with Crippen molar-refractivity contribution in [2.75, 3.05) is 13.1 Å². The number of fused-ring (bicyclic) bond motifs is 3. The number of rotatable bonds is 4. The van der Waals surface area contributed by atoms with Crippen molar-refractivity contribution in [3.8, 4) is 17.1 Å². The molecule has 0 saturated carbocycles. The zero-order valence-electron chi connectivity index (χ0n) is 22.4. The van der Waals surface area contributed by atoms with Gasteiger partial charge in [-0.05, 0) is 57.5 Å². The van der Waals surface area contributed by atoms with E-state index in [0.29, 0.717) is 47.3 Å². The second-order valence-electron chi connectivity index (χ2n) is 10.9. The molecule has 1 saturated heterocycles. The number of carbonyl (C=O) groups excluding carboxylic acids is 1. The molecule has 0 bridgehead atoms. The van der Waals surface area contributed by atoms with Crippen molar-refractivity contribution >= 4 is 38.2 Å². The largest absolute Gasteiger partial charge is 0.508 e. The fourth-order valence-corrected chi connectivity index (χ4v) is 6.52. The van der Waals surface area contributed by atoms with Crippen molar-refractivity contribution in [3.05, 3.63) is 73.1 Å². The minimum atomic E-state index is -3.89. The van der Waals surface area contributed by atoms with Gasteiger partial charge in [-0.1, -0.05) is 30.3 Å². The zero-order valence-corrected chi connectivity index (χ0v) is 23.2. The van der Waals surface area contributed by atoms with Crippen LogP contribution in [0.2, 0.25) is 0 Å². The highest BCUT2D eigenvalue weighted by Crippen LogP contribution is 2.37. The van der Waals surface area contributed by atoms with Crippen LogP contribution in [-0.4, -0.2) is 61.7 Å². The third kappa shape index (κ3) is 4.45. The van der Waals surface area contributed by atoms with Crippen LogP contribution in [0.25, 0.3) is 33.5 Å². The molecule has 0 aliphatic carbocycles. The summed E-state index contributed by atoms with van der Waals surface area (Å²) in [5.41, 5.74) is 1.64. The SMILES string of the molecule is CC(C)(C)OC(=O)N1CCC(n2c(-c3cccc(O)c3)nc3cnc4c(ccn4S(=O)(=O)c4ccccc4)c32)C1. The average molecular weight is 560 g/mol. The van der Waals surface area contributed by atoms with Crippen LogP contribution in [0.4, 0.5) is 4.79 Å². The van der Waals surface area contributed by atoms with Gasteiger partial charge < -0.3 is 19.3 Å². The van der Waals surface area contributed by atoms with Crippen LogP contribution >= 0.6 is 0 Å². The Hall–Kier alpha value is -4.38. The van der Waals surface area contributed by atoms with Crippen LogP contribution in [0.3, 0.4) is 0 Å². The van der Waals surface area contributed by atoms with Gasteiger partial charge in [0.15, 0.2) is 5.65 Å². The molecule has 11 heteroatoms. The smallest absolute Gasteiger partial charge is 0.410 e. The summed E-state index contributed by atoms with van der Waals surface area (Å²) in [7, 11) is -3.89. The predicted octanol–water partition coefficient (Wildman–Crippen LogP) is 5.18. The van der Waals surface area contributed by atoms with Gasteiger partial charge in [0, 0.05) is 30.2 Å². The first-order valence-corrected chi connectivity index (χ1v) is 14.4. The zero-order chi connectivity index (χ0) is 28.2. The fraction of sp³-hybridized carbons (Fsp3) is 0.276. The summed E-state index contributed by atoms with van der Waals surface area (Å²) in [5.74, 6) is 0.691. The number of hydrogen-bond donors (Lipinski definition) is 1. The van der Waals surface area contributed by atoms with Crippen LogP contribution in [-0.2, 0) is 14.8 Å². The van der Waals surface area contributed by atoms with Crippen LogP contribution in [0, 0.1) is 0 Å². The number of benzene rings is 2. The Morgan fingerprint density at radius 3 is 2.58 bits per heavy atom. The van der Waals surface area contributed by atoms with E-state index in [2.05, 4.69) is 4.98 Å². The lowest BCUT2D eigenvalue weighted by Gasteiger charge is -2.24. The molecule has 1 aliphatic heterocycles. The van der Waals surface area contributed by atoms with Crippen molar-refractivity contribution in [1.82, 2.24) is 23.4 Å². The van der Waals surface area contributed by atoms with E-state index in [4.69, 9.17) is 9.72 Å². The van der Waals surface area contributed by atoms with Crippen molar-refractivity contribution in [1.29, 1.82) is 0 Å². The van der Waals surface area contributed by atoms with Crippen LogP contribution < -0.4 is 0 Å². The van der Waals surface area contributed by atoms with E-state index in [0.717, 1.165) is 0 Å². The standard InChI is InChI=1S/C29H29N5O5S/c1-29(2,3)39-28(36)32-14-12-20(18-32)34-25-23-13-15-33(40(37,38)22-10-5-4-6-11-22)27(23)30-17-24(25)31-26(34)19-8-7-9-21(35)16-19/h4-11,13,15-17,20,35H,12,14,18H2,1-3H3. The Bertz CT molecular complexity index is 1850. The number of nitrogens with zero attached hydrogens (tertiary/aromatic N) is 5. The number of ether oxygens (including phenoxy) is 1. The van der Waals surface area contributed by atoms with E-state index in [9.17, 15) is 18.3 Å². The fourth-order valence-electron chi connectivity index (χ4n) is 5.20. The molecule has 6 rings (SSSR count). The van der Waals surface area contributed by atoms with Crippen LogP contribution in [0.15, 0.2) is 78.0 Å². The molecule has 0 radical (unpaired) electrons. The van der Waals surface area contributed by atoms with E-state index in [1.807, 2.05) is 31.4 Å². The first-order chi connectivity index (χ1) is 19.0. The van der Waals surface area contributed by atoms with Gasteiger partial charge in [-0.3, -0.25) is 0 Å². The molecule has 1 fully saturated rings. The molecule has 10 nitrogen and oxygen atoms in total. The lowest BCUT2D eigenvalue weighted by molar-refractivity contribution is 0.0289. The maximum absolute atomic E-state index is 13.5.